The molecule has 1 aromatic rings. The fraction of sp³-hybridized carbons (Fsp3) is 0.667. The topological polar surface area (TPSA) is 26.0 Å². The predicted octanol–water partition coefficient (Wildman–Crippen LogP) is 4.39. The third-order valence-electron chi connectivity index (χ3n) is 5.05. The van der Waals surface area contributed by atoms with E-state index in [9.17, 15) is 0 Å². The molecule has 1 nitrogen and oxygen atoms in total. The summed E-state index contributed by atoms with van der Waals surface area (Å²) in [5, 5.41) is 0. The molecule has 19 heavy (non-hydrogen) atoms. The van der Waals surface area contributed by atoms with Gasteiger partial charge in [0.2, 0.25) is 0 Å². The van der Waals surface area contributed by atoms with Gasteiger partial charge in [-0.1, -0.05) is 44.4 Å². The van der Waals surface area contributed by atoms with Gasteiger partial charge in [0.05, 0.1) is 0 Å². The Labute approximate surface area is 118 Å². The molecule has 0 spiro atoms. The van der Waals surface area contributed by atoms with Crippen LogP contribution in [-0.2, 0) is 6.42 Å². The molecule has 3 atom stereocenters. The van der Waals surface area contributed by atoms with Crippen LogP contribution in [0.2, 0.25) is 0 Å². The predicted molar refractivity (Wildman–Crippen MR) is 83.3 cm³/mol. The number of nitrogens with two attached hydrogens (primary N) is 1. The molecule has 1 aliphatic rings. The Morgan fingerprint density at radius 2 is 2.00 bits per heavy atom. The first-order valence-electron chi connectivity index (χ1n) is 7.91. The van der Waals surface area contributed by atoms with Crippen LogP contribution in [-0.4, -0.2) is 6.04 Å². The Kier molecular flexibility index (Phi) is 5.04. The summed E-state index contributed by atoms with van der Waals surface area (Å²) in [5.41, 5.74) is 10.7. The fourth-order valence-corrected chi connectivity index (χ4v) is 3.46. The molecule has 0 amide bonds. The van der Waals surface area contributed by atoms with Crippen LogP contribution in [0.15, 0.2) is 18.2 Å². The summed E-state index contributed by atoms with van der Waals surface area (Å²) in [4.78, 5) is 0. The normalized spacial score (nSPS) is 25.3. The van der Waals surface area contributed by atoms with Crippen LogP contribution in [0.5, 0.6) is 0 Å². The van der Waals surface area contributed by atoms with Crippen molar-refractivity contribution in [3.05, 3.63) is 34.9 Å². The van der Waals surface area contributed by atoms with Crippen molar-refractivity contribution < 1.29 is 0 Å². The number of aryl methyl sites for hydroxylation is 2. The van der Waals surface area contributed by atoms with E-state index in [0.29, 0.717) is 6.04 Å². The van der Waals surface area contributed by atoms with Crippen LogP contribution in [0, 0.1) is 25.7 Å². The van der Waals surface area contributed by atoms with Crippen LogP contribution in [0.1, 0.15) is 55.7 Å². The zero-order valence-corrected chi connectivity index (χ0v) is 12.8. The lowest BCUT2D eigenvalue weighted by atomic mass is 9.76. The summed E-state index contributed by atoms with van der Waals surface area (Å²) in [6.07, 6.45) is 7.85. The minimum Gasteiger partial charge on any atom is -0.327 e. The van der Waals surface area contributed by atoms with Crippen LogP contribution in [0.25, 0.3) is 0 Å². The number of hydrogen-bond acceptors (Lipinski definition) is 1. The van der Waals surface area contributed by atoms with E-state index in [1.54, 1.807) is 0 Å². The molecule has 0 bridgehead atoms. The Balaban J connectivity index is 1.96. The van der Waals surface area contributed by atoms with Crippen molar-refractivity contribution in [2.24, 2.45) is 17.6 Å². The van der Waals surface area contributed by atoms with Crippen LogP contribution in [0.4, 0.5) is 0 Å². The van der Waals surface area contributed by atoms with E-state index in [1.165, 1.54) is 48.8 Å². The molecule has 1 saturated carbocycles. The first-order valence-corrected chi connectivity index (χ1v) is 7.91. The van der Waals surface area contributed by atoms with Gasteiger partial charge in [-0.2, -0.15) is 0 Å². The van der Waals surface area contributed by atoms with Gasteiger partial charge in [0, 0.05) is 6.04 Å². The van der Waals surface area contributed by atoms with Gasteiger partial charge in [0.25, 0.3) is 0 Å². The summed E-state index contributed by atoms with van der Waals surface area (Å²) >= 11 is 0. The van der Waals surface area contributed by atoms with Crippen molar-refractivity contribution in [1.29, 1.82) is 0 Å². The Morgan fingerprint density at radius 3 is 2.68 bits per heavy atom. The van der Waals surface area contributed by atoms with Crippen molar-refractivity contribution in [2.75, 3.05) is 0 Å². The Morgan fingerprint density at radius 1 is 1.21 bits per heavy atom. The summed E-state index contributed by atoms with van der Waals surface area (Å²) in [5.74, 6) is 1.66. The first kappa shape index (κ1) is 14.6. The number of benzene rings is 1. The minimum atomic E-state index is 0.344. The third kappa shape index (κ3) is 3.82. The van der Waals surface area contributed by atoms with Gasteiger partial charge >= 0.3 is 0 Å². The van der Waals surface area contributed by atoms with E-state index in [-0.39, 0.29) is 0 Å². The van der Waals surface area contributed by atoms with E-state index in [0.717, 1.165) is 18.3 Å². The summed E-state index contributed by atoms with van der Waals surface area (Å²) in [6.45, 7) is 6.69. The highest BCUT2D eigenvalue weighted by molar-refractivity contribution is 5.30. The zero-order valence-electron chi connectivity index (χ0n) is 12.8. The zero-order chi connectivity index (χ0) is 13.8. The number of rotatable bonds is 4. The molecule has 0 saturated heterocycles. The maximum atomic E-state index is 6.49. The molecular weight excluding hydrogens is 230 g/mol. The minimum absolute atomic E-state index is 0.344. The van der Waals surface area contributed by atoms with Gasteiger partial charge in [-0.15, -0.1) is 0 Å². The second-order valence-corrected chi connectivity index (χ2v) is 6.49. The third-order valence-corrected chi connectivity index (χ3v) is 5.05. The molecule has 1 aromatic carbocycles. The van der Waals surface area contributed by atoms with Crippen LogP contribution >= 0.6 is 0 Å². The molecule has 0 radical (unpaired) electrons. The van der Waals surface area contributed by atoms with E-state index < -0.39 is 0 Å². The molecule has 106 valence electrons. The SMILES string of the molecule is CCC1CCCC(C(N)Cc2ccc(C)c(C)c2)C1. The molecule has 0 aliphatic heterocycles. The van der Waals surface area contributed by atoms with Crippen LogP contribution in [0.3, 0.4) is 0 Å². The lowest BCUT2D eigenvalue weighted by molar-refractivity contribution is 0.228. The first-order chi connectivity index (χ1) is 9.10. The van der Waals surface area contributed by atoms with Gasteiger partial charge in [0.1, 0.15) is 0 Å². The van der Waals surface area contributed by atoms with E-state index in [2.05, 4.69) is 39.0 Å². The largest absolute Gasteiger partial charge is 0.327 e. The van der Waals surface area contributed by atoms with Crippen molar-refractivity contribution in [2.45, 2.75) is 65.3 Å². The molecule has 1 heteroatoms. The second-order valence-electron chi connectivity index (χ2n) is 6.49. The number of hydrogen-bond donors (Lipinski definition) is 1. The average Bonchev–Trinajstić information content (AvgIpc) is 2.43. The lowest BCUT2D eigenvalue weighted by Crippen LogP contribution is -2.35. The second kappa shape index (κ2) is 6.56. The standard InChI is InChI=1S/C18H29N/c1-4-15-6-5-7-17(11-15)18(19)12-16-9-8-13(2)14(3)10-16/h8-10,15,17-18H,4-7,11-12,19H2,1-3H3. The highest BCUT2D eigenvalue weighted by Gasteiger charge is 2.25. The van der Waals surface area contributed by atoms with Gasteiger partial charge in [-0.05, 0) is 61.6 Å². The van der Waals surface area contributed by atoms with Gasteiger partial charge in [-0.25, -0.2) is 0 Å². The Bertz CT molecular complexity index is 410. The van der Waals surface area contributed by atoms with Gasteiger partial charge in [0.15, 0.2) is 0 Å². The quantitative estimate of drug-likeness (QED) is 0.852. The maximum Gasteiger partial charge on any atom is 0.0108 e. The smallest absolute Gasteiger partial charge is 0.0108 e. The molecule has 2 N–H and O–H groups in total. The van der Waals surface area contributed by atoms with E-state index in [4.69, 9.17) is 5.73 Å². The maximum absolute atomic E-state index is 6.49. The molecule has 0 aromatic heterocycles. The monoisotopic (exact) mass is 259 g/mol. The molecular formula is C18H29N. The summed E-state index contributed by atoms with van der Waals surface area (Å²) in [6, 6.07) is 7.14. The van der Waals surface area contributed by atoms with Crippen molar-refractivity contribution in [3.63, 3.8) is 0 Å². The molecule has 0 heterocycles. The van der Waals surface area contributed by atoms with Crippen LogP contribution < -0.4 is 5.73 Å². The molecule has 1 aliphatic carbocycles. The van der Waals surface area contributed by atoms with Crippen molar-refractivity contribution in [3.8, 4) is 0 Å². The van der Waals surface area contributed by atoms with Crippen molar-refractivity contribution in [1.82, 2.24) is 0 Å². The van der Waals surface area contributed by atoms with E-state index in [1.807, 2.05) is 0 Å². The van der Waals surface area contributed by atoms with E-state index >= 15 is 0 Å². The van der Waals surface area contributed by atoms with Crippen molar-refractivity contribution >= 4 is 0 Å². The van der Waals surface area contributed by atoms with Gasteiger partial charge < -0.3 is 5.73 Å². The lowest BCUT2D eigenvalue weighted by Gasteiger charge is -2.32. The summed E-state index contributed by atoms with van der Waals surface area (Å²) < 4.78 is 0. The average molecular weight is 259 g/mol. The molecule has 2 rings (SSSR count). The summed E-state index contributed by atoms with van der Waals surface area (Å²) in [7, 11) is 0. The molecule has 3 unspecified atom stereocenters. The fourth-order valence-electron chi connectivity index (χ4n) is 3.46. The Hall–Kier alpha value is -0.820. The molecule has 1 fully saturated rings. The highest BCUT2D eigenvalue weighted by Crippen LogP contribution is 2.33. The highest BCUT2D eigenvalue weighted by atomic mass is 14.7. The van der Waals surface area contributed by atoms with Gasteiger partial charge in [-0.3, -0.25) is 0 Å².